The van der Waals surface area contributed by atoms with Crippen LogP contribution in [0.3, 0.4) is 0 Å². The van der Waals surface area contributed by atoms with Gasteiger partial charge in [-0.2, -0.15) is 11.8 Å². The molecular weight excluding hydrogens is 460 g/mol. The van der Waals surface area contributed by atoms with Gasteiger partial charge in [0.05, 0.1) is 9.83 Å². The van der Waals surface area contributed by atoms with Crippen LogP contribution in [0.2, 0.25) is 0 Å². The second kappa shape index (κ2) is 9.67. The highest BCUT2D eigenvalue weighted by molar-refractivity contribution is 8.26. The normalized spacial score (nSPS) is 16.2. The van der Waals surface area contributed by atoms with E-state index in [4.69, 9.17) is 16.6 Å². The van der Waals surface area contributed by atoms with Gasteiger partial charge in [0.1, 0.15) is 21.9 Å². The quantitative estimate of drug-likeness (QED) is 0.252. The highest BCUT2D eigenvalue weighted by atomic mass is 32.2. The van der Waals surface area contributed by atoms with Crippen molar-refractivity contribution >= 4 is 63.7 Å². The number of thioether (sulfide) groups is 2. The molecular formula is C20H18N2O6S3. The summed E-state index contributed by atoms with van der Waals surface area (Å²) in [6.45, 7) is 1.65. The Morgan fingerprint density at radius 2 is 2.16 bits per heavy atom. The van der Waals surface area contributed by atoms with Gasteiger partial charge in [-0.1, -0.05) is 36.1 Å². The van der Waals surface area contributed by atoms with Crippen LogP contribution in [0, 0.1) is 17.0 Å². The summed E-state index contributed by atoms with van der Waals surface area (Å²) in [4.78, 5) is 36.6. The van der Waals surface area contributed by atoms with E-state index in [1.54, 1.807) is 31.2 Å². The first-order valence-corrected chi connectivity index (χ1v) is 11.7. The number of carboxylic acids is 1. The van der Waals surface area contributed by atoms with Crippen molar-refractivity contribution in [2.24, 2.45) is 0 Å². The SMILES string of the molecule is CSCC[C@H](C(=O)O)N1C(=O)/C(=C\c2ccc(-c3ccc(C)c([N+](=O)[O-])c3)o2)SC1=S. The number of nitrogens with zero attached hydrogens (tertiary/aromatic N) is 2. The highest BCUT2D eigenvalue weighted by Crippen LogP contribution is 2.36. The number of nitro benzene ring substituents is 1. The maximum Gasteiger partial charge on any atom is 0.326 e. The van der Waals surface area contributed by atoms with Crippen LogP contribution in [0.5, 0.6) is 0 Å². The molecule has 1 N–H and O–H groups in total. The van der Waals surface area contributed by atoms with Crippen molar-refractivity contribution in [3.63, 3.8) is 0 Å². The van der Waals surface area contributed by atoms with Gasteiger partial charge >= 0.3 is 5.97 Å². The first-order valence-electron chi connectivity index (χ1n) is 9.07. The summed E-state index contributed by atoms with van der Waals surface area (Å²) in [5.74, 6) is -0.236. The molecule has 3 rings (SSSR count). The van der Waals surface area contributed by atoms with Gasteiger partial charge in [0.25, 0.3) is 11.6 Å². The molecule has 1 saturated heterocycles. The molecule has 0 spiro atoms. The number of benzene rings is 1. The van der Waals surface area contributed by atoms with Crippen molar-refractivity contribution in [1.82, 2.24) is 4.90 Å². The minimum atomic E-state index is -1.10. The number of nitro groups is 1. The zero-order chi connectivity index (χ0) is 22.7. The predicted octanol–water partition coefficient (Wildman–Crippen LogP) is 4.57. The number of carboxylic acid groups (broad SMARTS) is 1. The Labute approximate surface area is 191 Å². The molecule has 1 amide bonds. The molecule has 2 heterocycles. The van der Waals surface area contributed by atoms with Crippen LogP contribution in [0.25, 0.3) is 17.4 Å². The number of aliphatic carboxylic acids is 1. The third-order valence-electron chi connectivity index (χ3n) is 4.61. The van der Waals surface area contributed by atoms with Gasteiger partial charge in [-0.05, 0) is 37.5 Å². The molecule has 1 aliphatic rings. The molecule has 162 valence electrons. The summed E-state index contributed by atoms with van der Waals surface area (Å²) in [5.41, 5.74) is 1.06. The van der Waals surface area contributed by atoms with Crippen LogP contribution in [0.15, 0.2) is 39.7 Å². The lowest BCUT2D eigenvalue weighted by Crippen LogP contribution is -2.44. The summed E-state index contributed by atoms with van der Waals surface area (Å²) in [5, 5.41) is 20.7. The summed E-state index contributed by atoms with van der Waals surface area (Å²) in [7, 11) is 0. The van der Waals surface area contributed by atoms with E-state index in [1.165, 1.54) is 23.9 Å². The zero-order valence-corrected chi connectivity index (χ0v) is 19.0. The monoisotopic (exact) mass is 478 g/mol. The zero-order valence-electron chi connectivity index (χ0n) is 16.6. The van der Waals surface area contributed by atoms with E-state index in [-0.39, 0.29) is 21.3 Å². The van der Waals surface area contributed by atoms with E-state index in [0.29, 0.717) is 28.4 Å². The van der Waals surface area contributed by atoms with E-state index in [0.717, 1.165) is 16.7 Å². The van der Waals surface area contributed by atoms with Gasteiger partial charge in [0.2, 0.25) is 0 Å². The van der Waals surface area contributed by atoms with E-state index < -0.39 is 22.8 Å². The number of hydrogen-bond donors (Lipinski definition) is 1. The molecule has 0 aliphatic carbocycles. The summed E-state index contributed by atoms with van der Waals surface area (Å²) in [6, 6.07) is 7.05. The minimum Gasteiger partial charge on any atom is -0.480 e. The largest absolute Gasteiger partial charge is 0.480 e. The third-order valence-corrected chi connectivity index (χ3v) is 6.58. The molecule has 0 bridgehead atoms. The Kier molecular flexibility index (Phi) is 7.19. The number of hydrogen-bond acceptors (Lipinski definition) is 8. The standard InChI is InChI=1S/C20H18N2O6S3/c1-11-3-4-12(9-15(11)22(26)27)16-6-5-13(28-16)10-17-18(23)21(20(29)31-17)14(19(24)25)7-8-30-2/h3-6,9-10,14H,7-8H2,1-2H3,(H,24,25)/b17-10+/t14-/m1/s1. The van der Waals surface area contributed by atoms with Crippen LogP contribution < -0.4 is 0 Å². The fraction of sp³-hybridized carbons (Fsp3) is 0.250. The van der Waals surface area contributed by atoms with E-state index >= 15 is 0 Å². The second-order valence-electron chi connectivity index (χ2n) is 6.65. The van der Waals surface area contributed by atoms with Gasteiger partial charge in [-0.15, -0.1) is 0 Å². The lowest BCUT2D eigenvalue weighted by molar-refractivity contribution is -0.385. The third kappa shape index (κ3) is 5.00. The molecule has 31 heavy (non-hydrogen) atoms. The van der Waals surface area contributed by atoms with Crippen LogP contribution in [0.1, 0.15) is 17.7 Å². The van der Waals surface area contributed by atoms with E-state index in [9.17, 15) is 24.8 Å². The Bertz CT molecular complexity index is 1090. The average Bonchev–Trinajstić information content (AvgIpc) is 3.28. The van der Waals surface area contributed by atoms with Crippen LogP contribution in [0.4, 0.5) is 5.69 Å². The Balaban J connectivity index is 1.85. The number of thiocarbonyl (C=S) groups is 1. The molecule has 0 saturated carbocycles. The molecule has 2 aromatic rings. The summed E-state index contributed by atoms with van der Waals surface area (Å²) < 4.78 is 5.94. The molecule has 11 heteroatoms. The summed E-state index contributed by atoms with van der Waals surface area (Å²) in [6.07, 6.45) is 3.65. The lowest BCUT2D eigenvalue weighted by Gasteiger charge is -2.22. The van der Waals surface area contributed by atoms with Crippen molar-refractivity contribution in [3.05, 3.63) is 56.7 Å². The minimum absolute atomic E-state index is 0.0127. The van der Waals surface area contributed by atoms with Crippen molar-refractivity contribution < 1.29 is 24.0 Å². The van der Waals surface area contributed by atoms with Crippen molar-refractivity contribution in [3.8, 4) is 11.3 Å². The Morgan fingerprint density at radius 3 is 2.81 bits per heavy atom. The molecule has 0 radical (unpaired) electrons. The number of carbonyl (C=O) groups excluding carboxylic acids is 1. The second-order valence-corrected chi connectivity index (χ2v) is 9.31. The molecule has 1 aliphatic heterocycles. The maximum absolute atomic E-state index is 12.8. The average molecular weight is 479 g/mol. The van der Waals surface area contributed by atoms with Gasteiger partial charge in [-0.3, -0.25) is 19.8 Å². The van der Waals surface area contributed by atoms with Gasteiger partial charge in [-0.25, -0.2) is 4.79 Å². The number of aryl methyl sites for hydroxylation is 1. The smallest absolute Gasteiger partial charge is 0.326 e. The number of furan rings is 1. The number of rotatable bonds is 8. The van der Waals surface area contributed by atoms with Gasteiger partial charge in [0, 0.05) is 23.3 Å². The van der Waals surface area contributed by atoms with Crippen LogP contribution in [-0.2, 0) is 9.59 Å². The lowest BCUT2D eigenvalue weighted by atomic mass is 10.1. The first-order chi connectivity index (χ1) is 14.7. The molecule has 1 fully saturated rings. The topological polar surface area (TPSA) is 114 Å². The molecule has 1 aromatic carbocycles. The molecule has 1 atom stereocenters. The Morgan fingerprint density at radius 1 is 1.42 bits per heavy atom. The van der Waals surface area contributed by atoms with Crippen molar-refractivity contribution in [2.45, 2.75) is 19.4 Å². The maximum atomic E-state index is 12.8. The molecule has 0 unspecified atom stereocenters. The van der Waals surface area contributed by atoms with Crippen LogP contribution in [-0.4, -0.2) is 49.2 Å². The molecule has 1 aromatic heterocycles. The molecule has 8 nitrogen and oxygen atoms in total. The van der Waals surface area contributed by atoms with E-state index in [1.807, 2.05) is 6.26 Å². The fourth-order valence-electron chi connectivity index (χ4n) is 3.02. The Hall–Kier alpha value is -2.63. The van der Waals surface area contributed by atoms with Crippen LogP contribution >= 0.6 is 35.7 Å². The van der Waals surface area contributed by atoms with Crippen molar-refractivity contribution in [2.75, 3.05) is 12.0 Å². The predicted molar refractivity (Wildman–Crippen MR) is 125 cm³/mol. The fourth-order valence-corrected chi connectivity index (χ4v) is 4.81. The van der Waals surface area contributed by atoms with Gasteiger partial charge < -0.3 is 9.52 Å². The van der Waals surface area contributed by atoms with Gasteiger partial charge in [0.15, 0.2) is 0 Å². The highest BCUT2D eigenvalue weighted by Gasteiger charge is 2.40. The van der Waals surface area contributed by atoms with Crippen molar-refractivity contribution in [1.29, 1.82) is 0 Å². The number of amides is 1. The first kappa shape index (κ1) is 23.0. The summed E-state index contributed by atoms with van der Waals surface area (Å²) >= 11 is 7.76. The number of carbonyl (C=O) groups is 2. The van der Waals surface area contributed by atoms with E-state index in [2.05, 4.69) is 0 Å².